The third kappa shape index (κ3) is 3.72. The lowest BCUT2D eigenvalue weighted by molar-refractivity contribution is 0.783. The summed E-state index contributed by atoms with van der Waals surface area (Å²) >= 11 is 3.49. The molecule has 2 unspecified atom stereocenters. The summed E-state index contributed by atoms with van der Waals surface area (Å²) < 4.78 is 3.08. The van der Waals surface area contributed by atoms with E-state index in [-0.39, 0.29) is 0 Å². The van der Waals surface area contributed by atoms with Gasteiger partial charge in [-0.05, 0) is 43.2 Å². The minimum absolute atomic E-state index is 0.420. The molecule has 0 aliphatic heterocycles. The quantitative estimate of drug-likeness (QED) is 0.499. The predicted molar refractivity (Wildman–Crippen MR) is 106 cm³/mol. The third-order valence-corrected chi connectivity index (χ3v) is 5.05. The molecule has 1 aromatic carbocycles. The van der Waals surface area contributed by atoms with Gasteiger partial charge in [0.2, 0.25) is 0 Å². The van der Waals surface area contributed by atoms with Crippen molar-refractivity contribution in [2.45, 2.75) is 31.8 Å². The van der Waals surface area contributed by atoms with Gasteiger partial charge >= 0.3 is 0 Å². The Balaban J connectivity index is 1.43. The van der Waals surface area contributed by atoms with Gasteiger partial charge in [0.15, 0.2) is 17.4 Å². The van der Waals surface area contributed by atoms with E-state index in [0.29, 0.717) is 18.5 Å². The van der Waals surface area contributed by atoms with Crippen LogP contribution in [0.2, 0.25) is 0 Å². The summed E-state index contributed by atoms with van der Waals surface area (Å²) in [6.07, 6.45) is 3.09. The molecule has 2 atom stereocenters. The number of halogens is 1. The zero-order valence-electron chi connectivity index (χ0n) is 14.6. The molecule has 6 nitrogen and oxygen atoms in total. The van der Waals surface area contributed by atoms with E-state index in [2.05, 4.69) is 68.0 Å². The number of nitrogens with zero attached hydrogens (tertiary/aromatic N) is 4. The van der Waals surface area contributed by atoms with E-state index in [1.807, 2.05) is 28.8 Å². The van der Waals surface area contributed by atoms with Crippen molar-refractivity contribution in [1.82, 2.24) is 25.2 Å². The standard InChI is InChI=1S/C19H21BrN6/c1-2-21-19(22-12-18-25-24-17-5-3-4-10-26(17)18)23-16-11-15(16)13-6-8-14(20)9-7-13/h3-10,15-16H,2,11-12H2,1H3,(H2,21,22,23). The second kappa shape index (κ2) is 7.45. The maximum absolute atomic E-state index is 4.69. The van der Waals surface area contributed by atoms with Gasteiger partial charge in [-0.1, -0.05) is 34.1 Å². The highest BCUT2D eigenvalue weighted by Gasteiger charge is 2.38. The van der Waals surface area contributed by atoms with E-state index in [9.17, 15) is 0 Å². The summed E-state index contributed by atoms with van der Waals surface area (Å²) in [4.78, 5) is 4.69. The van der Waals surface area contributed by atoms with Gasteiger partial charge in [-0.3, -0.25) is 4.40 Å². The Morgan fingerprint density at radius 1 is 1.23 bits per heavy atom. The minimum Gasteiger partial charge on any atom is -0.357 e. The smallest absolute Gasteiger partial charge is 0.191 e. The van der Waals surface area contributed by atoms with Crippen molar-refractivity contribution >= 4 is 27.5 Å². The molecule has 0 saturated heterocycles. The third-order valence-electron chi connectivity index (χ3n) is 4.52. The van der Waals surface area contributed by atoms with Crippen LogP contribution in [0, 0.1) is 0 Å². The van der Waals surface area contributed by atoms with Crippen molar-refractivity contribution in [1.29, 1.82) is 0 Å². The van der Waals surface area contributed by atoms with Crippen molar-refractivity contribution in [3.63, 3.8) is 0 Å². The number of guanidine groups is 1. The molecule has 134 valence electrons. The summed E-state index contributed by atoms with van der Waals surface area (Å²) in [5, 5.41) is 15.3. The van der Waals surface area contributed by atoms with E-state index in [1.165, 1.54) is 5.56 Å². The topological polar surface area (TPSA) is 66.6 Å². The molecule has 2 aromatic heterocycles. The molecule has 2 heterocycles. The summed E-state index contributed by atoms with van der Waals surface area (Å²) in [6.45, 7) is 3.38. The van der Waals surface area contributed by atoms with Gasteiger partial charge in [-0.15, -0.1) is 10.2 Å². The van der Waals surface area contributed by atoms with Gasteiger partial charge in [-0.2, -0.15) is 0 Å². The largest absolute Gasteiger partial charge is 0.357 e. The highest BCUT2D eigenvalue weighted by molar-refractivity contribution is 9.10. The summed E-state index contributed by atoms with van der Waals surface area (Å²) in [7, 11) is 0. The Labute approximate surface area is 160 Å². The molecule has 0 radical (unpaired) electrons. The van der Waals surface area contributed by atoms with E-state index >= 15 is 0 Å². The number of aromatic nitrogens is 3. The Morgan fingerprint density at radius 2 is 2.08 bits per heavy atom. The zero-order valence-corrected chi connectivity index (χ0v) is 16.1. The van der Waals surface area contributed by atoms with Crippen LogP contribution >= 0.6 is 15.9 Å². The zero-order chi connectivity index (χ0) is 17.9. The van der Waals surface area contributed by atoms with Crippen molar-refractivity contribution in [3.8, 4) is 0 Å². The van der Waals surface area contributed by atoms with Gasteiger partial charge in [0.1, 0.15) is 6.54 Å². The molecule has 3 aromatic rings. The fourth-order valence-corrected chi connectivity index (χ4v) is 3.34. The van der Waals surface area contributed by atoms with Crippen LogP contribution < -0.4 is 10.6 Å². The number of hydrogen-bond donors (Lipinski definition) is 2. The van der Waals surface area contributed by atoms with Gasteiger partial charge in [0, 0.05) is 29.2 Å². The summed E-state index contributed by atoms with van der Waals surface area (Å²) in [6, 6.07) is 14.9. The number of benzene rings is 1. The molecule has 2 N–H and O–H groups in total. The fraction of sp³-hybridized carbons (Fsp3) is 0.316. The first-order chi connectivity index (χ1) is 12.7. The van der Waals surface area contributed by atoms with E-state index in [1.54, 1.807) is 0 Å². The minimum atomic E-state index is 0.420. The average molecular weight is 413 g/mol. The van der Waals surface area contributed by atoms with E-state index < -0.39 is 0 Å². The maximum atomic E-state index is 4.69. The first kappa shape index (κ1) is 17.0. The second-order valence-electron chi connectivity index (χ2n) is 6.38. The van der Waals surface area contributed by atoms with Crippen molar-refractivity contribution in [3.05, 3.63) is 64.5 Å². The number of rotatable bonds is 5. The van der Waals surface area contributed by atoms with Crippen molar-refractivity contribution < 1.29 is 0 Å². The van der Waals surface area contributed by atoms with Crippen LogP contribution in [0.1, 0.15) is 30.7 Å². The normalized spacial score (nSPS) is 19.5. The van der Waals surface area contributed by atoms with Crippen LogP contribution in [0.15, 0.2) is 58.1 Å². The first-order valence-corrected chi connectivity index (χ1v) is 9.63. The van der Waals surface area contributed by atoms with Crippen molar-refractivity contribution in [2.75, 3.05) is 6.54 Å². The number of hydrogen-bond acceptors (Lipinski definition) is 3. The van der Waals surface area contributed by atoms with Gasteiger partial charge < -0.3 is 10.6 Å². The molecule has 26 heavy (non-hydrogen) atoms. The highest BCUT2D eigenvalue weighted by Crippen LogP contribution is 2.40. The lowest BCUT2D eigenvalue weighted by Gasteiger charge is -2.11. The first-order valence-electron chi connectivity index (χ1n) is 8.83. The lowest BCUT2D eigenvalue weighted by atomic mass is 10.1. The number of fused-ring (bicyclic) bond motifs is 1. The highest BCUT2D eigenvalue weighted by atomic mass is 79.9. The molecule has 1 fully saturated rings. The lowest BCUT2D eigenvalue weighted by Crippen LogP contribution is -2.39. The second-order valence-corrected chi connectivity index (χ2v) is 7.30. The van der Waals surface area contributed by atoms with Gasteiger partial charge in [0.05, 0.1) is 0 Å². The molecule has 7 heteroatoms. The van der Waals surface area contributed by atoms with Gasteiger partial charge in [0.25, 0.3) is 0 Å². The molecule has 1 aliphatic rings. The molecule has 1 aliphatic carbocycles. The Bertz CT molecular complexity index is 917. The van der Waals surface area contributed by atoms with Crippen LogP contribution in [-0.4, -0.2) is 33.1 Å². The van der Waals surface area contributed by atoms with Crippen LogP contribution in [0.3, 0.4) is 0 Å². The number of pyridine rings is 1. The molecule has 0 spiro atoms. The molecule has 0 amide bonds. The molecular formula is C19H21BrN6. The summed E-state index contributed by atoms with van der Waals surface area (Å²) in [5.74, 6) is 2.20. The van der Waals surface area contributed by atoms with E-state index in [0.717, 1.165) is 34.9 Å². The summed E-state index contributed by atoms with van der Waals surface area (Å²) in [5.41, 5.74) is 2.21. The SMILES string of the molecule is CCNC(=NCc1nnc2ccccn12)NC1CC1c1ccc(Br)cc1. The van der Waals surface area contributed by atoms with E-state index in [4.69, 9.17) is 4.99 Å². The van der Waals surface area contributed by atoms with Crippen molar-refractivity contribution in [2.24, 2.45) is 4.99 Å². The van der Waals surface area contributed by atoms with Crippen LogP contribution in [0.25, 0.3) is 5.65 Å². The molecule has 0 bridgehead atoms. The maximum Gasteiger partial charge on any atom is 0.191 e. The molecule has 4 rings (SSSR count). The Hall–Kier alpha value is -2.41. The monoisotopic (exact) mass is 412 g/mol. The van der Waals surface area contributed by atoms with Crippen LogP contribution in [0.4, 0.5) is 0 Å². The molecular weight excluding hydrogens is 392 g/mol. The number of aliphatic imine (C=N–C) groups is 1. The Morgan fingerprint density at radius 3 is 2.88 bits per heavy atom. The molecule has 1 saturated carbocycles. The van der Waals surface area contributed by atoms with Crippen LogP contribution in [0.5, 0.6) is 0 Å². The average Bonchev–Trinajstić information content (AvgIpc) is 3.30. The number of nitrogens with one attached hydrogen (secondary N) is 2. The van der Waals surface area contributed by atoms with Crippen LogP contribution in [-0.2, 0) is 6.54 Å². The fourth-order valence-electron chi connectivity index (χ4n) is 3.08. The predicted octanol–water partition coefficient (Wildman–Crippen LogP) is 3.10. The van der Waals surface area contributed by atoms with Gasteiger partial charge in [-0.25, -0.2) is 4.99 Å². The Kier molecular flexibility index (Phi) is 4.88.